The molecule has 0 spiro atoms. The molecule has 1 heterocycles. The third-order valence-corrected chi connectivity index (χ3v) is 2.81. The first kappa shape index (κ1) is 10.9. The second kappa shape index (κ2) is 4.12. The number of amides is 1. The zero-order valence-corrected chi connectivity index (χ0v) is 9.71. The molecule has 4 heteroatoms. The highest BCUT2D eigenvalue weighted by Gasteiger charge is 2.39. The summed E-state index contributed by atoms with van der Waals surface area (Å²) in [5.74, 6) is 0.621. The van der Waals surface area contributed by atoms with Crippen LogP contribution in [-0.4, -0.2) is 23.0 Å². The Morgan fingerprint density at radius 2 is 2.31 bits per heavy atom. The average molecular weight is 219 g/mol. The zero-order valence-electron chi connectivity index (χ0n) is 9.71. The lowest BCUT2D eigenvalue weighted by molar-refractivity contribution is 0.0936. The van der Waals surface area contributed by atoms with Crippen molar-refractivity contribution < 1.29 is 4.79 Å². The molecule has 0 unspecified atom stereocenters. The minimum atomic E-state index is -0.0379. The highest BCUT2D eigenvalue weighted by molar-refractivity contribution is 5.99. The van der Waals surface area contributed by atoms with Crippen LogP contribution in [0, 0.1) is 0 Å². The third-order valence-electron chi connectivity index (χ3n) is 2.81. The Bertz CT molecular complexity index is 399. The van der Waals surface area contributed by atoms with Crippen LogP contribution in [0.15, 0.2) is 18.3 Å². The van der Waals surface area contributed by atoms with Crippen molar-refractivity contribution in [3.63, 3.8) is 0 Å². The molecule has 1 aliphatic carbocycles. The van der Waals surface area contributed by atoms with Crippen LogP contribution in [0.4, 0.5) is 5.82 Å². The largest absolute Gasteiger partial charge is 0.370 e. The Kier molecular flexibility index (Phi) is 2.81. The summed E-state index contributed by atoms with van der Waals surface area (Å²) in [6.45, 7) is 4.81. The molecule has 16 heavy (non-hydrogen) atoms. The van der Waals surface area contributed by atoms with E-state index in [1.165, 1.54) is 0 Å². The standard InChI is InChI=1S/C12H17N3O/c1-3-13-10-9(5-4-8-14-10)11(16)15-12(2)6-7-12/h4-5,8H,3,6-7H2,1-2H3,(H,13,14)(H,15,16). The molecule has 2 rings (SSSR count). The Morgan fingerprint density at radius 3 is 2.94 bits per heavy atom. The number of nitrogens with zero attached hydrogens (tertiary/aromatic N) is 1. The van der Waals surface area contributed by atoms with Gasteiger partial charge in [-0.1, -0.05) is 0 Å². The normalized spacial score (nSPS) is 16.6. The molecule has 0 aliphatic heterocycles. The van der Waals surface area contributed by atoms with Crippen LogP contribution >= 0.6 is 0 Å². The van der Waals surface area contributed by atoms with E-state index >= 15 is 0 Å². The Labute approximate surface area is 95.5 Å². The molecule has 2 N–H and O–H groups in total. The molecule has 1 aromatic heterocycles. The molecule has 0 aromatic carbocycles. The van der Waals surface area contributed by atoms with E-state index in [1.807, 2.05) is 6.92 Å². The number of carbonyl (C=O) groups excluding carboxylic acids is 1. The number of aromatic nitrogens is 1. The van der Waals surface area contributed by atoms with Gasteiger partial charge in [0.05, 0.1) is 5.56 Å². The maximum atomic E-state index is 12.0. The number of rotatable bonds is 4. The molecule has 1 saturated carbocycles. The number of nitrogens with one attached hydrogen (secondary N) is 2. The number of hydrogen-bond acceptors (Lipinski definition) is 3. The lowest BCUT2D eigenvalue weighted by atomic mass is 10.2. The predicted molar refractivity (Wildman–Crippen MR) is 63.5 cm³/mol. The van der Waals surface area contributed by atoms with Gasteiger partial charge < -0.3 is 10.6 Å². The van der Waals surface area contributed by atoms with Crippen molar-refractivity contribution in [3.8, 4) is 0 Å². The molecule has 86 valence electrons. The van der Waals surface area contributed by atoms with Gasteiger partial charge in [0.25, 0.3) is 5.91 Å². The molecular weight excluding hydrogens is 202 g/mol. The molecule has 0 saturated heterocycles. The number of pyridine rings is 1. The fourth-order valence-corrected chi connectivity index (χ4v) is 1.55. The minimum Gasteiger partial charge on any atom is -0.370 e. The van der Waals surface area contributed by atoms with Crippen LogP contribution in [0.2, 0.25) is 0 Å². The van der Waals surface area contributed by atoms with E-state index in [0.29, 0.717) is 11.4 Å². The first-order chi connectivity index (χ1) is 7.64. The van der Waals surface area contributed by atoms with Gasteiger partial charge in [0.2, 0.25) is 0 Å². The van der Waals surface area contributed by atoms with E-state index < -0.39 is 0 Å². The van der Waals surface area contributed by atoms with E-state index in [1.54, 1.807) is 18.3 Å². The highest BCUT2D eigenvalue weighted by atomic mass is 16.1. The first-order valence-corrected chi connectivity index (χ1v) is 5.66. The van der Waals surface area contributed by atoms with Gasteiger partial charge in [0.15, 0.2) is 0 Å². The topological polar surface area (TPSA) is 54.0 Å². The van der Waals surface area contributed by atoms with Gasteiger partial charge in [-0.05, 0) is 38.8 Å². The average Bonchev–Trinajstić information content (AvgIpc) is 2.97. The Balaban J connectivity index is 2.15. The predicted octanol–water partition coefficient (Wildman–Crippen LogP) is 1.80. The molecule has 1 aromatic rings. The summed E-state index contributed by atoms with van der Waals surface area (Å²) in [5.41, 5.74) is 0.633. The van der Waals surface area contributed by atoms with Crippen LogP contribution in [-0.2, 0) is 0 Å². The lowest BCUT2D eigenvalue weighted by Crippen LogP contribution is -2.34. The van der Waals surface area contributed by atoms with E-state index in [0.717, 1.165) is 19.4 Å². The lowest BCUT2D eigenvalue weighted by Gasteiger charge is -2.13. The number of hydrogen-bond donors (Lipinski definition) is 2. The van der Waals surface area contributed by atoms with Gasteiger partial charge in [-0.15, -0.1) is 0 Å². The van der Waals surface area contributed by atoms with E-state index in [-0.39, 0.29) is 11.4 Å². The molecule has 4 nitrogen and oxygen atoms in total. The molecule has 1 amide bonds. The van der Waals surface area contributed by atoms with Gasteiger partial charge in [-0.2, -0.15) is 0 Å². The molecular formula is C12H17N3O. The van der Waals surface area contributed by atoms with Crippen LogP contribution in [0.25, 0.3) is 0 Å². The van der Waals surface area contributed by atoms with E-state index in [9.17, 15) is 4.79 Å². The van der Waals surface area contributed by atoms with Gasteiger partial charge >= 0.3 is 0 Å². The summed E-state index contributed by atoms with van der Waals surface area (Å²) in [5, 5.41) is 6.12. The smallest absolute Gasteiger partial charge is 0.255 e. The minimum absolute atomic E-state index is 0.0103. The summed E-state index contributed by atoms with van der Waals surface area (Å²) in [6.07, 6.45) is 3.82. The summed E-state index contributed by atoms with van der Waals surface area (Å²) >= 11 is 0. The van der Waals surface area contributed by atoms with Gasteiger partial charge in [-0.25, -0.2) is 4.98 Å². The SMILES string of the molecule is CCNc1ncccc1C(=O)NC1(C)CC1. The van der Waals surface area contributed by atoms with Crippen molar-refractivity contribution in [2.75, 3.05) is 11.9 Å². The summed E-state index contributed by atoms with van der Waals surface area (Å²) in [4.78, 5) is 16.2. The zero-order chi connectivity index (χ0) is 11.6. The fraction of sp³-hybridized carbons (Fsp3) is 0.500. The first-order valence-electron chi connectivity index (χ1n) is 5.66. The monoisotopic (exact) mass is 219 g/mol. The van der Waals surface area contributed by atoms with Gasteiger partial charge in [0.1, 0.15) is 5.82 Å². The fourth-order valence-electron chi connectivity index (χ4n) is 1.55. The van der Waals surface area contributed by atoms with Crippen molar-refractivity contribution in [3.05, 3.63) is 23.9 Å². The molecule has 1 aliphatic rings. The van der Waals surface area contributed by atoms with Crippen molar-refractivity contribution in [2.24, 2.45) is 0 Å². The number of anilines is 1. The van der Waals surface area contributed by atoms with Gasteiger partial charge in [0, 0.05) is 18.3 Å². The second-order valence-corrected chi connectivity index (χ2v) is 4.44. The quantitative estimate of drug-likeness (QED) is 0.811. The molecule has 0 bridgehead atoms. The Hall–Kier alpha value is -1.58. The highest BCUT2D eigenvalue weighted by Crippen LogP contribution is 2.34. The maximum absolute atomic E-state index is 12.0. The molecule has 1 fully saturated rings. The van der Waals surface area contributed by atoms with Crippen molar-refractivity contribution in [1.29, 1.82) is 0 Å². The van der Waals surface area contributed by atoms with Crippen molar-refractivity contribution >= 4 is 11.7 Å². The summed E-state index contributed by atoms with van der Waals surface area (Å²) < 4.78 is 0. The van der Waals surface area contributed by atoms with Crippen LogP contribution < -0.4 is 10.6 Å². The van der Waals surface area contributed by atoms with E-state index in [4.69, 9.17) is 0 Å². The van der Waals surface area contributed by atoms with Crippen LogP contribution in [0.1, 0.15) is 37.0 Å². The van der Waals surface area contributed by atoms with Crippen molar-refractivity contribution in [1.82, 2.24) is 10.3 Å². The van der Waals surface area contributed by atoms with Gasteiger partial charge in [-0.3, -0.25) is 4.79 Å². The summed E-state index contributed by atoms with van der Waals surface area (Å²) in [7, 11) is 0. The molecule has 0 radical (unpaired) electrons. The second-order valence-electron chi connectivity index (χ2n) is 4.44. The van der Waals surface area contributed by atoms with E-state index in [2.05, 4.69) is 22.5 Å². The summed E-state index contributed by atoms with van der Waals surface area (Å²) in [6, 6.07) is 3.58. The maximum Gasteiger partial charge on any atom is 0.255 e. The third kappa shape index (κ3) is 2.32. The van der Waals surface area contributed by atoms with Crippen LogP contribution in [0.3, 0.4) is 0 Å². The van der Waals surface area contributed by atoms with Crippen LogP contribution in [0.5, 0.6) is 0 Å². The molecule has 0 atom stereocenters. The number of carbonyl (C=O) groups is 1. The van der Waals surface area contributed by atoms with Crippen molar-refractivity contribution in [2.45, 2.75) is 32.2 Å². The Morgan fingerprint density at radius 1 is 1.56 bits per heavy atom.